The Bertz CT molecular complexity index is 451. The van der Waals surface area contributed by atoms with Crippen LogP contribution in [0.2, 0.25) is 0 Å². The Hall–Kier alpha value is -0.980. The number of benzene rings is 1. The van der Waals surface area contributed by atoms with E-state index in [1.54, 1.807) is 0 Å². The second-order valence-corrected chi connectivity index (χ2v) is 8.84. The molecule has 0 aliphatic carbocycles. The summed E-state index contributed by atoms with van der Waals surface area (Å²) in [4.78, 5) is 0. The predicted octanol–water partition coefficient (Wildman–Crippen LogP) is 9.45. The maximum absolute atomic E-state index is 6.02. The first-order valence-corrected chi connectivity index (χ1v) is 12.5. The summed E-state index contributed by atoms with van der Waals surface area (Å²) in [5.74, 6) is 1.61. The van der Waals surface area contributed by atoms with Gasteiger partial charge < -0.3 is 4.74 Å². The Kier molecular flexibility index (Phi) is 16.2. The molecule has 0 fully saturated rings. The van der Waals surface area contributed by atoms with E-state index in [1.165, 1.54) is 108 Å². The highest BCUT2D eigenvalue weighted by molar-refractivity contribution is 5.35. The molecular weight excluding hydrogens is 340 g/mol. The number of hydrogen-bond acceptors (Lipinski definition) is 1. The van der Waals surface area contributed by atoms with Crippen molar-refractivity contribution < 1.29 is 4.74 Å². The van der Waals surface area contributed by atoms with Crippen LogP contribution in [0.25, 0.3) is 0 Å². The SMILES string of the molecule is CCCCCCCCCCCCCCCCCCOc1ccccc1C(C)C. The molecule has 0 aliphatic rings. The summed E-state index contributed by atoms with van der Waals surface area (Å²) in [6.07, 6.45) is 22.6. The average molecular weight is 389 g/mol. The van der Waals surface area contributed by atoms with Crippen molar-refractivity contribution in [3.63, 3.8) is 0 Å². The van der Waals surface area contributed by atoms with E-state index in [9.17, 15) is 0 Å². The molecule has 0 saturated carbocycles. The number of unbranched alkanes of at least 4 members (excludes halogenated alkanes) is 15. The van der Waals surface area contributed by atoms with Crippen LogP contribution in [0.5, 0.6) is 5.75 Å². The van der Waals surface area contributed by atoms with Gasteiger partial charge in [-0.25, -0.2) is 0 Å². The van der Waals surface area contributed by atoms with Crippen LogP contribution in [-0.4, -0.2) is 6.61 Å². The molecule has 162 valence electrons. The first kappa shape index (κ1) is 25.1. The fraction of sp³-hybridized carbons (Fsp3) is 0.778. The number of para-hydroxylation sites is 1. The maximum Gasteiger partial charge on any atom is 0.122 e. The highest BCUT2D eigenvalue weighted by Crippen LogP contribution is 2.26. The lowest BCUT2D eigenvalue weighted by Gasteiger charge is -2.13. The smallest absolute Gasteiger partial charge is 0.122 e. The molecule has 1 rings (SSSR count). The highest BCUT2D eigenvalue weighted by Gasteiger charge is 2.06. The van der Waals surface area contributed by atoms with E-state index in [1.807, 2.05) is 0 Å². The zero-order chi connectivity index (χ0) is 20.3. The van der Waals surface area contributed by atoms with Crippen LogP contribution in [-0.2, 0) is 0 Å². The topological polar surface area (TPSA) is 9.23 Å². The van der Waals surface area contributed by atoms with Crippen LogP contribution < -0.4 is 4.74 Å². The van der Waals surface area contributed by atoms with E-state index in [-0.39, 0.29) is 0 Å². The Balaban J connectivity index is 1.83. The summed E-state index contributed by atoms with van der Waals surface area (Å²) in [7, 11) is 0. The van der Waals surface area contributed by atoms with Gasteiger partial charge in [0.25, 0.3) is 0 Å². The summed E-state index contributed by atoms with van der Waals surface area (Å²) in [5.41, 5.74) is 1.33. The van der Waals surface area contributed by atoms with Crippen molar-refractivity contribution in [2.24, 2.45) is 0 Å². The van der Waals surface area contributed by atoms with Crippen molar-refractivity contribution in [3.8, 4) is 5.75 Å². The third kappa shape index (κ3) is 13.2. The largest absolute Gasteiger partial charge is 0.493 e. The summed E-state index contributed by atoms with van der Waals surface area (Å²) in [6, 6.07) is 8.49. The zero-order valence-corrected chi connectivity index (χ0v) is 19.3. The molecule has 0 atom stereocenters. The van der Waals surface area contributed by atoms with Gasteiger partial charge in [0.05, 0.1) is 6.61 Å². The fourth-order valence-corrected chi connectivity index (χ4v) is 3.92. The number of rotatable bonds is 19. The lowest BCUT2D eigenvalue weighted by Crippen LogP contribution is -2.01. The van der Waals surface area contributed by atoms with E-state index in [4.69, 9.17) is 4.74 Å². The third-order valence-electron chi connectivity index (χ3n) is 5.80. The monoisotopic (exact) mass is 388 g/mol. The van der Waals surface area contributed by atoms with Crippen molar-refractivity contribution in [2.75, 3.05) is 6.61 Å². The first-order valence-electron chi connectivity index (χ1n) is 12.5. The molecule has 28 heavy (non-hydrogen) atoms. The third-order valence-corrected chi connectivity index (χ3v) is 5.80. The van der Waals surface area contributed by atoms with Gasteiger partial charge >= 0.3 is 0 Å². The number of hydrogen-bond donors (Lipinski definition) is 0. The molecule has 1 nitrogen and oxygen atoms in total. The van der Waals surface area contributed by atoms with Gasteiger partial charge in [-0.3, -0.25) is 0 Å². The van der Waals surface area contributed by atoms with Gasteiger partial charge in [0.15, 0.2) is 0 Å². The minimum atomic E-state index is 0.530. The molecule has 0 bridgehead atoms. The molecule has 0 saturated heterocycles. The lowest BCUT2D eigenvalue weighted by molar-refractivity contribution is 0.300. The van der Waals surface area contributed by atoms with E-state index < -0.39 is 0 Å². The van der Waals surface area contributed by atoms with E-state index >= 15 is 0 Å². The Morgan fingerprint density at radius 3 is 1.50 bits per heavy atom. The molecule has 0 amide bonds. The van der Waals surface area contributed by atoms with Crippen molar-refractivity contribution in [1.82, 2.24) is 0 Å². The summed E-state index contributed by atoms with van der Waals surface area (Å²) in [6.45, 7) is 7.62. The molecule has 0 aromatic heterocycles. The Labute approximate surface area is 176 Å². The van der Waals surface area contributed by atoms with Gasteiger partial charge in [0, 0.05) is 0 Å². The van der Waals surface area contributed by atoms with Crippen LogP contribution in [0.15, 0.2) is 24.3 Å². The van der Waals surface area contributed by atoms with Crippen LogP contribution in [0.3, 0.4) is 0 Å². The molecule has 0 radical (unpaired) electrons. The van der Waals surface area contributed by atoms with Gasteiger partial charge in [-0.05, 0) is 24.0 Å². The molecule has 1 aromatic carbocycles. The van der Waals surface area contributed by atoms with Crippen molar-refractivity contribution >= 4 is 0 Å². The lowest BCUT2D eigenvalue weighted by atomic mass is 10.0. The van der Waals surface area contributed by atoms with Crippen LogP contribution in [0, 0.1) is 0 Å². The standard InChI is InChI=1S/C27H48O/c1-4-5-6-7-8-9-10-11-12-13-14-15-16-17-18-21-24-28-27-23-20-19-22-26(27)25(2)3/h19-20,22-23,25H,4-18,21,24H2,1-3H3. The van der Waals surface area contributed by atoms with Crippen LogP contribution in [0.1, 0.15) is 135 Å². The number of ether oxygens (including phenoxy) is 1. The van der Waals surface area contributed by atoms with Gasteiger partial charge in [-0.2, -0.15) is 0 Å². The second kappa shape index (κ2) is 18.1. The Morgan fingerprint density at radius 2 is 1.04 bits per heavy atom. The summed E-state index contributed by atoms with van der Waals surface area (Å²) >= 11 is 0. The molecule has 0 spiro atoms. The molecule has 1 aromatic rings. The average Bonchev–Trinajstić information content (AvgIpc) is 2.70. The van der Waals surface area contributed by atoms with Crippen molar-refractivity contribution in [1.29, 1.82) is 0 Å². The van der Waals surface area contributed by atoms with Gasteiger partial charge in [-0.15, -0.1) is 0 Å². The summed E-state index contributed by atoms with van der Waals surface area (Å²) in [5, 5.41) is 0. The predicted molar refractivity (Wildman–Crippen MR) is 126 cm³/mol. The van der Waals surface area contributed by atoms with E-state index in [0.717, 1.165) is 12.4 Å². The van der Waals surface area contributed by atoms with Gasteiger partial charge in [0.2, 0.25) is 0 Å². The van der Waals surface area contributed by atoms with Crippen molar-refractivity contribution in [2.45, 2.75) is 129 Å². The van der Waals surface area contributed by atoms with Crippen molar-refractivity contribution in [3.05, 3.63) is 29.8 Å². The normalized spacial score (nSPS) is 11.3. The molecule has 0 N–H and O–H groups in total. The zero-order valence-electron chi connectivity index (χ0n) is 19.3. The highest BCUT2D eigenvalue weighted by atomic mass is 16.5. The van der Waals surface area contributed by atoms with E-state index in [2.05, 4.69) is 45.0 Å². The fourth-order valence-electron chi connectivity index (χ4n) is 3.92. The van der Waals surface area contributed by atoms with Gasteiger partial charge in [-0.1, -0.05) is 135 Å². The maximum atomic E-state index is 6.02. The minimum absolute atomic E-state index is 0.530. The van der Waals surface area contributed by atoms with Crippen LogP contribution in [0.4, 0.5) is 0 Å². The second-order valence-electron chi connectivity index (χ2n) is 8.84. The molecule has 0 heterocycles. The summed E-state index contributed by atoms with van der Waals surface area (Å²) < 4.78 is 6.02. The van der Waals surface area contributed by atoms with Crippen LogP contribution >= 0.6 is 0 Å². The van der Waals surface area contributed by atoms with Gasteiger partial charge in [0.1, 0.15) is 5.75 Å². The Morgan fingerprint density at radius 1 is 0.607 bits per heavy atom. The minimum Gasteiger partial charge on any atom is -0.493 e. The molecule has 0 unspecified atom stereocenters. The molecule has 1 heteroatoms. The molecule has 0 aliphatic heterocycles. The first-order chi connectivity index (χ1) is 13.8. The molecular formula is C27H48O. The van der Waals surface area contributed by atoms with E-state index in [0.29, 0.717) is 5.92 Å². The quantitative estimate of drug-likeness (QED) is 0.214.